The maximum Gasteiger partial charge on any atom is 0.251 e. The zero-order valence-electron chi connectivity index (χ0n) is 15.6. The lowest BCUT2D eigenvalue weighted by molar-refractivity contribution is 0.0949. The van der Waals surface area contributed by atoms with E-state index in [1.54, 1.807) is 18.2 Å². The molecular formula is C23H20ClN3O2. The lowest BCUT2D eigenvalue weighted by Gasteiger charge is -2.16. The Morgan fingerprint density at radius 1 is 1.00 bits per heavy atom. The van der Waals surface area contributed by atoms with Crippen molar-refractivity contribution in [3.8, 4) is 0 Å². The van der Waals surface area contributed by atoms with Gasteiger partial charge in [-0.2, -0.15) is 0 Å². The Morgan fingerprint density at radius 2 is 1.69 bits per heavy atom. The minimum atomic E-state index is -0.801. The summed E-state index contributed by atoms with van der Waals surface area (Å²) in [7, 11) is 0. The van der Waals surface area contributed by atoms with Gasteiger partial charge in [0.1, 0.15) is 5.82 Å². The Kier molecular flexibility index (Phi) is 5.60. The minimum Gasteiger partial charge on any atom is -0.386 e. The van der Waals surface area contributed by atoms with Crippen LogP contribution in [0.25, 0.3) is 11.0 Å². The molecule has 1 amide bonds. The second kappa shape index (κ2) is 8.47. The molecule has 0 saturated carbocycles. The van der Waals surface area contributed by atoms with Crippen molar-refractivity contribution in [3.05, 3.63) is 101 Å². The monoisotopic (exact) mass is 405 g/mol. The van der Waals surface area contributed by atoms with Crippen molar-refractivity contribution >= 4 is 28.5 Å². The highest BCUT2D eigenvalue weighted by atomic mass is 35.5. The molecule has 0 aliphatic rings. The molecule has 5 nitrogen and oxygen atoms in total. The molecular weight excluding hydrogens is 386 g/mol. The molecule has 0 aliphatic heterocycles. The van der Waals surface area contributed by atoms with Gasteiger partial charge in [-0.3, -0.25) is 4.79 Å². The predicted molar refractivity (Wildman–Crippen MR) is 114 cm³/mol. The number of aliphatic hydroxyl groups is 1. The number of hydrogen-bond donors (Lipinski definition) is 2. The van der Waals surface area contributed by atoms with Gasteiger partial charge in [0.05, 0.1) is 30.2 Å². The van der Waals surface area contributed by atoms with E-state index >= 15 is 0 Å². The van der Waals surface area contributed by atoms with Crippen molar-refractivity contribution in [2.24, 2.45) is 0 Å². The van der Waals surface area contributed by atoms with Gasteiger partial charge in [0, 0.05) is 16.1 Å². The van der Waals surface area contributed by atoms with E-state index in [9.17, 15) is 9.90 Å². The van der Waals surface area contributed by atoms with Crippen LogP contribution in [0.3, 0.4) is 0 Å². The van der Waals surface area contributed by atoms with Gasteiger partial charge in [-0.25, -0.2) is 4.98 Å². The second-order valence-corrected chi connectivity index (χ2v) is 7.12. The van der Waals surface area contributed by atoms with Crippen molar-refractivity contribution in [2.75, 3.05) is 0 Å². The third-order valence-electron chi connectivity index (χ3n) is 4.80. The predicted octanol–water partition coefficient (Wildman–Crippen LogP) is 4.35. The molecule has 0 radical (unpaired) electrons. The molecule has 0 spiro atoms. The van der Waals surface area contributed by atoms with E-state index < -0.39 is 6.10 Å². The van der Waals surface area contributed by atoms with Gasteiger partial charge < -0.3 is 15.0 Å². The third kappa shape index (κ3) is 4.16. The minimum absolute atomic E-state index is 0.171. The summed E-state index contributed by atoms with van der Waals surface area (Å²) in [4.78, 5) is 17.1. The molecule has 3 aromatic carbocycles. The highest BCUT2D eigenvalue weighted by Gasteiger charge is 2.17. The molecule has 1 unspecified atom stereocenters. The number of benzene rings is 3. The fourth-order valence-corrected chi connectivity index (χ4v) is 3.59. The SMILES string of the molecule is O=C(NCc1nc2ccccc2n1CC(O)c1ccccc1Cl)c1ccccc1. The quantitative estimate of drug-likeness (QED) is 0.501. The van der Waals surface area contributed by atoms with E-state index in [0.29, 0.717) is 22.0 Å². The van der Waals surface area contributed by atoms with Crippen LogP contribution in [0, 0.1) is 0 Å². The molecule has 1 aromatic heterocycles. The maximum atomic E-state index is 12.4. The molecule has 0 saturated heterocycles. The van der Waals surface area contributed by atoms with E-state index in [-0.39, 0.29) is 19.0 Å². The Labute approximate surface area is 173 Å². The van der Waals surface area contributed by atoms with Crippen LogP contribution in [-0.2, 0) is 13.1 Å². The summed E-state index contributed by atoms with van der Waals surface area (Å²) < 4.78 is 1.93. The Balaban J connectivity index is 1.61. The summed E-state index contributed by atoms with van der Waals surface area (Å²) in [5.74, 6) is 0.498. The normalized spacial score (nSPS) is 12.1. The summed E-state index contributed by atoms with van der Waals surface area (Å²) in [6.07, 6.45) is -0.801. The number of para-hydroxylation sites is 2. The molecule has 4 rings (SSSR count). The number of amides is 1. The molecule has 0 bridgehead atoms. The van der Waals surface area contributed by atoms with Crippen molar-refractivity contribution in [3.63, 3.8) is 0 Å². The molecule has 1 heterocycles. The maximum absolute atomic E-state index is 12.4. The first-order valence-electron chi connectivity index (χ1n) is 9.33. The largest absolute Gasteiger partial charge is 0.386 e. The van der Waals surface area contributed by atoms with Crippen LogP contribution in [0.2, 0.25) is 5.02 Å². The third-order valence-corrected chi connectivity index (χ3v) is 5.14. The number of nitrogens with zero attached hydrogens (tertiary/aromatic N) is 2. The van der Waals surface area contributed by atoms with Gasteiger partial charge in [0.25, 0.3) is 5.91 Å². The van der Waals surface area contributed by atoms with Gasteiger partial charge in [-0.1, -0.05) is 60.1 Å². The number of carbonyl (C=O) groups is 1. The van der Waals surface area contributed by atoms with Gasteiger partial charge in [0.2, 0.25) is 0 Å². The lowest BCUT2D eigenvalue weighted by atomic mass is 10.1. The van der Waals surface area contributed by atoms with Crippen molar-refractivity contribution in [2.45, 2.75) is 19.2 Å². The van der Waals surface area contributed by atoms with E-state index in [0.717, 1.165) is 11.0 Å². The first-order valence-corrected chi connectivity index (χ1v) is 9.71. The number of nitrogens with one attached hydrogen (secondary N) is 1. The first kappa shape index (κ1) is 19.2. The van der Waals surface area contributed by atoms with Crippen LogP contribution in [0.4, 0.5) is 0 Å². The van der Waals surface area contributed by atoms with Crippen molar-refractivity contribution < 1.29 is 9.90 Å². The summed E-state index contributed by atoms with van der Waals surface area (Å²) in [6, 6.07) is 24.0. The molecule has 0 aliphatic carbocycles. The van der Waals surface area contributed by atoms with E-state index in [2.05, 4.69) is 10.3 Å². The summed E-state index contributed by atoms with van der Waals surface area (Å²) in [5.41, 5.74) is 2.95. The zero-order chi connectivity index (χ0) is 20.2. The summed E-state index contributed by atoms with van der Waals surface area (Å²) >= 11 is 6.25. The Morgan fingerprint density at radius 3 is 2.48 bits per heavy atom. The van der Waals surface area contributed by atoms with Crippen LogP contribution in [0.15, 0.2) is 78.9 Å². The van der Waals surface area contributed by atoms with Gasteiger partial charge in [-0.15, -0.1) is 0 Å². The van der Waals surface area contributed by atoms with E-state index in [4.69, 9.17) is 11.6 Å². The number of rotatable bonds is 6. The fourth-order valence-electron chi connectivity index (χ4n) is 3.33. The van der Waals surface area contributed by atoms with Crippen LogP contribution in [0.1, 0.15) is 27.8 Å². The topological polar surface area (TPSA) is 67.2 Å². The van der Waals surface area contributed by atoms with Crippen LogP contribution < -0.4 is 5.32 Å². The Hall–Kier alpha value is -3.15. The number of aromatic nitrogens is 2. The van der Waals surface area contributed by atoms with Gasteiger partial charge in [-0.05, 0) is 30.3 Å². The fraction of sp³-hybridized carbons (Fsp3) is 0.130. The number of hydrogen-bond acceptors (Lipinski definition) is 3. The molecule has 4 aromatic rings. The van der Waals surface area contributed by atoms with Gasteiger partial charge >= 0.3 is 0 Å². The standard InChI is InChI=1S/C23H20ClN3O2/c24-18-11-5-4-10-17(18)21(28)15-27-20-13-7-6-12-19(20)26-22(27)14-25-23(29)16-8-2-1-3-9-16/h1-13,21,28H,14-15H2,(H,25,29). The van der Waals surface area contributed by atoms with E-state index in [1.165, 1.54) is 0 Å². The highest BCUT2D eigenvalue weighted by Crippen LogP contribution is 2.26. The molecule has 29 heavy (non-hydrogen) atoms. The average molecular weight is 406 g/mol. The zero-order valence-corrected chi connectivity index (χ0v) is 16.4. The second-order valence-electron chi connectivity index (χ2n) is 6.71. The van der Waals surface area contributed by atoms with E-state index in [1.807, 2.05) is 65.2 Å². The highest BCUT2D eigenvalue weighted by molar-refractivity contribution is 6.31. The average Bonchev–Trinajstić information content (AvgIpc) is 3.10. The first-order chi connectivity index (χ1) is 14.1. The molecule has 2 N–H and O–H groups in total. The van der Waals surface area contributed by atoms with Gasteiger partial charge in [0.15, 0.2) is 0 Å². The molecule has 146 valence electrons. The molecule has 0 fully saturated rings. The number of fused-ring (bicyclic) bond motifs is 1. The number of aliphatic hydroxyl groups excluding tert-OH is 1. The lowest BCUT2D eigenvalue weighted by Crippen LogP contribution is -2.25. The number of imidazole rings is 1. The molecule has 1 atom stereocenters. The van der Waals surface area contributed by atoms with Crippen LogP contribution in [-0.4, -0.2) is 20.6 Å². The summed E-state index contributed by atoms with van der Waals surface area (Å²) in [5, 5.41) is 14.2. The summed E-state index contributed by atoms with van der Waals surface area (Å²) in [6.45, 7) is 0.526. The van der Waals surface area contributed by atoms with Crippen molar-refractivity contribution in [1.29, 1.82) is 0 Å². The Bertz CT molecular complexity index is 1140. The van der Waals surface area contributed by atoms with Crippen LogP contribution >= 0.6 is 11.6 Å². The van der Waals surface area contributed by atoms with Crippen LogP contribution in [0.5, 0.6) is 0 Å². The number of carbonyl (C=O) groups excluding carboxylic acids is 1. The molecule has 6 heteroatoms. The smallest absolute Gasteiger partial charge is 0.251 e. The number of halogens is 1. The van der Waals surface area contributed by atoms with Crippen molar-refractivity contribution in [1.82, 2.24) is 14.9 Å².